The van der Waals surface area contributed by atoms with E-state index in [1.807, 2.05) is 6.07 Å². The van der Waals surface area contributed by atoms with Crippen LogP contribution in [-0.4, -0.2) is 67.3 Å². The standard InChI is InChI=1S/C25H34FN3O3/c1-5-28(6-2)11-13-31-18-9-10-19-22(15-18)27-23-17-24(21(26)16-20(23)25(19)30)32-14-12-29(7-3)8-4/h9-10,15-17H,5-8,11-14H2,1-4H3,(H,27,30). The summed E-state index contributed by atoms with van der Waals surface area (Å²) in [5, 5.41) is 0.810. The van der Waals surface area contributed by atoms with Crippen LogP contribution >= 0.6 is 0 Å². The van der Waals surface area contributed by atoms with Gasteiger partial charge in [0, 0.05) is 36.0 Å². The Hall–Kier alpha value is -2.64. The number of H-pyrrole nitrogens is 1. The van der Waals surface area contributed by atoms with E-state index in [4.69, 9.17) is 9.47 Å². The van der Waals surface area contributed by atoms with Gasteiger partial charge in [0.2, 0.25) is 0 Å². The highest BCUT2D eigenvalue weighted by atomic mass is 19.1. The summed E-state index contributed by atoms with van der Waals surface area (Å²) in [6.45, 7) is 14.7. The average molecular weight is 444 g/mol. The van der Waals surface area contributed by atoms with E-state index >= 15 is 0 Å². The topological polar surface area (TPSA) is 57.8 Å². The van der Waals surface area contributed by atoms with Crippen molar-refractivity contribution in [1.29, 1.82) is 0 Å². The zero-order chi connectivity index (χ0) is 23.1. The Morgan fingerprint density at radius 2 is 1.41 bits per heavy atom. The van der Waals surface area contributed by atoms with E-state index in [1.54, 1.807) is 18.2 Å². The van der Waals surface area contributed by atoms with Crippen LogP contribution in [0.1, 0.15) is 27.7 Å². The van der Waals surface area contributed by atoms with E-state index in [9.17, 15) is 9.18 Å². The molecule has 1 N–H and O–H groups in total. The second-order valence-electron chi connectivity index (χ2n) is 7.74. The molecule has 0 saturated carbocycles. The van der Waals surface area contributed by atoms with Crippen molar-refractivity contribution < 1.29 is 13.9 Å². The fourth-order valence-electron chi connectivity index (χ4n) is 3.82. The molecule has 3 rings (SSSR count). The van der Waals surface area contributed by atoms with Crippen molar-refractivity contribution in [3.05, 3.63) is 46.4 Å². The number of aromatic amines is 1. The fraction of sp³-hybridized carbons (Fsp3) is 0.480. The zero-order valence-corrected chi connectivity index (χ0v) is 19.5. The van der Waals surface area contributed by atoms with E-state index in [1.165, 1.54) is 6.07 Å². The Kier molecular flexibility index (Phi) is 8.47. The molecule has 1 heterocycles. The van der Waals surface area contributed by atoms with Crippen LogP contribution in [0, 0.1) is 5.82 Å². The fourth-order valence-corrected chi connectivity index (χ4v) is 3.82. The van der Waals surface area contributed by atoms with Gasteiger partial charge in [0.1, 0.15) is 19.0 Å². The monoisotopic (exact) mass is 443 g/mol. The molecule has 0 aliphatic carbocycles. The van der Waals surface area contributed by atoms with E-state index in [-0.39, 0.29) is 11.2 Å². The van der Waals surface area contributed by atoms with Gasteiger partial charge in [-0.1, -0.05) is 27.7 Å². The van der Waals surface area contributed by atoms with Gasteiger partial charge < -0.3 is 24.3 Å². The number of fused-ring (bicyclic) bond motifs is 2. The van der Waals surface area contributed by atoms with Crippen molar-refractivity contribution in [2.45, 2.75) is 27.7 Å². The Morgan fingerprint density at radius 3 is 2.03 bits per heavy atom. The van der Waals surface area contributed by atoms with Gasteiger partial charge in [-0.3, -0.25) is 4.79 Å². The molecule has 6 nitrogen and oxygen atoms in total. The molecule has 0 unspecified atom stereocenters. The summed E-state index contributed by atoms with van der Waals surface area (Å²) in [5.41, 5.74) is 0.989. The maximum absolute atomic E-state index is 14.6. The number of hydrogen-bond acceptors (Lipinski definition) is 5. The third-order valence-corrected chi connectivity index (χ3v) is 5.95. The van der Waals surface area contributed by atoms with Crippen LogP contribution in [0.15, 0.2) is 35.1 Å². The third-order valence-electron chi connectivity index (χ3n) is 5.95. The summed E-state index contributed by atoms with van der Waals surface area (Å²) in [6, 6.07) is 8.17. The Labute approximate surface area is 188 Å². The number of rotatable bonds is 12. The first-order valence-electron chi connectivity index (χ1n) is 11.5. The summed E-state index contributed by atoms with van der Waals surface area (Å²) in [6.07, 6.45) is 0. The predicted molar refractivity (Wildman–Crippen MR) is 129 cm³/mol. The van der Waals surface area contributed by atoms with Gasteiger partial charge in [0.25, 0.3) is 0 Å². The molecule has 0 bridgehead atoms. The number of ether oxygens (including phenoxy) is 2. The molecule has 0 aliphatic heterocycles. The molecular weight excluding hydrogens is 409 g/mol. The zero-order valence-electron chi connectivity index (χ0n) is 19.5. The van der Waals surface area contributed by atoms with E-state index in [0.29, 0.717) is 47.3 Å². The number of nitrogens with zero attached hydrogens (tertiary/aromatic N) is 2. The highest BCUT2D eigenvalue weighted by molar-refractivity contribution is 5.93. The summed E-state index contributed by atoms with van der Waals surface area (Å²) in [4.78, 5) is 20.7. The van der Waals surface area contributed by atoms with Crippen LogP contribution < -0.4 is 14.9 Å². The second kappa shape index (κ2) is 11.3. The van der Waals surface area contributed by atoms with E-state index in [2.05, 4.69) is 42.5 Å². The number of halogens is 1. The van der Waals surface area contributed by atoms with Crippen molar-refractivity contribution in [3.8, 4) is 11.5 Å². The lowest BCUT2D eigenvalue weighted by atomic mass is 10.1. The van der Waals surface area contributed by atoms with Crippen molar-refractivity contribution in [2.75, 3.05) is 52.5 Å². The first-order valence-corrected chi connectivity index (χ1v) is 11.5. The largest absolute Gasteiger partial charge is 0.492 e. The number of aromatic nitrogens is 1. The summed E-state index contributed by atoms with van der Waals surface area (Å²) in [7, 11) is 0. The molecule has 32 heavy (non-hydrogen) atoms. The minimum absolute atomic E-state index is 0.145. The number of pyridine rings is 1. The minimum atomic E-state index is -0.529. The lowest BCUT2D eigenvalue weighted by molar-refractivity contribution is 0.217. The van der Waals surface area contributed by atoms with Crippen molar-refractivity contribution in [3.63, 3.8) is 0 Å². The van der Waals surface area contributed by atoms with Crippen LogP contribution in [0.4, 0.5) is 4.39 Å². The molecule has 174 valence electrons. The maximum Gasteiger partial charge on any atom is 0.197 e. The summed E-state index contributed by atoms with van der Waals surface area (Å²) < 4.78 is 26.2. The first-order chi connectivity index (χ1) is 15.5. The van der Waals surface area contributed by atoms with Crippen molar-refractivity contribution in [1.82, 2.24) is 14.8 Å². The highest BCUT2D eigenvalue weighted by Gasteiger charge is 2.13. The molecule has 3 aromatic rings. The lowest BCUT2D eigenvalue weighted by Crippen LogP contribution is -2.28. The SMILES string of the molecule is CCN(CC)CCOc1ccc2c(=O)c3cc(F)c(OCCN(CC)CC)cc3[nH]c2c1. The summed E-state index contributed by atoms with van der Waals surface area (Å²) >= 11 is 0. The molecular formula is C25H34FN3O3. The second-order valence-corrected chi connectivity index (χ2v) is 7.74. The minimum Gasteiger partial charge on any atom is -0.492 e. The molecule has 0 saturated heterocycles. The number of benzene rings is 2. The molecule has 0 atom stereocenters. The first kappa shape index (κ1) is 24.0. The van der Waals surface area contributed by atoms with E-state index < -0.39 is 5.82 Å². The molecule has 0 spiro atoms. The molecule has 0 amide bonds. The molecule has 0 aliphatic rings. The van der Waals surface area contributed by atoms with Gasteiger partial charge in [-0.2, -0.15) is 0 Å². The highest BCUT2D eigenvalue weighted by Crippen LogP contribution is 2.25. The van der Waals surface area contributed by atoms with Crippen LogP contribution in [0.3, 0.4) is 0 Å². The van der Waals surface area contributed by atoms with Gasteiger partial charge in [0.05, 0.1) is 11.0 Å². The quantitative estimate of drug-likeness (QED) is 0.424. The smallest absolute Gasteiger partial charge is 0.197 e. The average Bonchev–Trinajstić information content (AvgIpc) is 2.80. The van der Waals surface area contributed by atoms with Crippen LogP contribution in [-0.2, 0) is 0 Å². The molecule has 7 heteroatoms. The van der Waals surface area contributed by atoms with Crippen LogP contribution in [0.5, 0.6) is 11.5 Å². The Morgan fingerprint density at radius 1 is 0.812 bits per heavy atom. The van der Waals surface area contributed by atoms with Gasteiger partial charge >= 0.3 is 0 Å². The lowest BCUT2D eigenvalue weighted by Gasteiger charge is -2.18. The van der Waals surface area contributed by atoms with Gasteiger partial charge in [0.15, 0.2) is 17.0 Å². The van der Waals surface area contributed by atoms with Crippen LogP contribution in [0.2, 0.25) is 0 Å². The molecule has 1 aromatic heterocycles. The molecule has 0 fully saturated rings. The van der Waals surface area contributed by atoms with Gasteiger partial charge in [-0.05, 0) is 44.4 Å². The third kappa shape index (κ3) is 5.58. The van der Waals surface area contributed by atoms with Gasteiger partial charge in [-0.15, -0.1) is 0 Å². The number of hydrogen-bond donors (Lipinski definition) is 1. The Bertz CT molecular complexity index is 1090. The van der Waals surface area contributed by atoms with E-state index in [0.717, 1.165) is 32.7 Å². The number of likely N-dealkylation sites (N-methyl/N-ethyl adjacent to an activating group) is 2. The Balaban J connectivity index is 1.83. The maximum atomic E-state index is 14.6. The van der Waals surface area contributed by atoms with Gasteiger partial charge in [-0.25, -0.2) is 4.39 Å². The normalized spacial score (nSPS) is 11.7. The van der Waals surface area contributed by atoms with Crippen molar-refractivity contribution in [2.24, 2.45) is 0 Å². The molecule has 2 aromatic carbocycles. The predicted octanol–water partition coefficient (Wildman–Crippen LogP) is 4.26. The number of nitrogens with one attached hydrogen (secondary N) is 1. The molecule has 0 radical (unpaired) electrons. The summed E-state index contributed by atoms with van der Waals surface area (Å²) in [5.74, 6) is 0.307. The van der Waals surface area contributed by atoms with Crippen LogP contribution in [0.25, 0.3) is 21.8 Å². The van der Waals surface area contributed by atoms with Crippen molar-refractivity contribution >= 4 is 21.8 Å².